The topological polar surface area (TPSA) is 12.0 Å². The van der Waals surface area contributed by atoms with Crippen LogP contribution in [0.4, 0.5) is 5.69 Å². The van der Waals surface area contributed by atoms with E-state index in [4.69, 9.17) is 11.6 Å². The van der Waals surface area contributed by atoms with Crippen LogP contribution in [0.1, 0.15) is 52.5 Å². The third-order valence-corrected chi connectivity index (χ3v) is 4.44. The minimum Gasteiger partial charge on any atom is -0.381 e. The minimum absolute atomic E-state index is 0.397. The maximum absolute atomic E-state index is 6.33. The Bertz CT molecular complexity index is 426. The molecule has 1 N–H and O–H groups in total. The van der Waals surface area contributed by atoms with Crippen LogP contribution in [0, 0.1) is 17.8 Å². The Morgan fingerprint density at radius 2 is 1.68 bits per heavy atom. The Morgan fingerprint density at radius 3 is 2.21 bits per heavy atom. The molecule has 0 amide bonds. The normalized spacial score (nSPS) is 22.2. The van der Waals surface area contributed by atoms with Crippen LogP contribution in [0.15, 0.2) is 18.2 Å². The van der Waals surface area contributed by atoms with Crippen LogP contribution in [0.5, 0.6) is 0 Å². The number of rotatable bonds is 2. The first-order valence-electron chi connectivity index (χ1n) is 7.20. The van der Waals surface area contributed by atoms with Crippen molar-refractivity contribution in [2.24, 2.45) is 10.8 Å². The van der Waals surface area contributed by atoms with Gasteiger partial charge in [-0.15, -0.1) is 0 Å². The maximum Gasteiger partial charge on any atom is 0.0640 e. The molecule has 0 aliphatic heterocycles. The fraction of sp³-hybridized carbons (Fsp3) is 0.647. The van der Waals surface area contributed by atoms with Crippen molar-refractivity contribution in [1.82, 2.24) is 0 Å². The fourth-order valence-electron chi connectivity index (χ4n) is 3.97. The molecule has 1 fully saturated rings. The largest absolute Gasteiger partial charge is 0.381 e. The summed E-state index contributed by atoms with van der Waals surface area (Å²) in [4.78, 5) is 0. The predicted octanol–water partition coefficient (Wildman–Crippen LogP) is 5.67. The Balaban J connectivity index is 2.19. The van der Waals surface area contributed by atoms with Crippen molar-refractivity contribution < 1.29 is 0 Å². The summed E-state index contributed by atoms with van der Waals surface area (Å²) in [7, 11) is 0. The Morgan fingerprint density at radius 1 is 1.11 bits per heavy atom. The third-order valence-electron chi connectivity index (χ3n) is 4.13. The molecule has 2 rings (SSSR count). The van der Waals surface area contributed by atoms with Gasteiger partial charge in [-0.3, -0.25) is 0 Å². The van der Waals surface area contributed by atoms with Crippen LogP contribution < -0.4 is 5.32 Å². The van der Waals surface area contributed by atoms with E-state index in [0.717, 1.165) is 10.7 Å². The van der Waals surface area contributed by atoms with E-state index in [1.165, 1.54) is 24.8 Å². The molecular formula is C17H26ClN. The lowest BCUT2D eigenvalue weighted by Gasteiger charge is -2.45. The number of para-hydroxylation sites is 1. The van der Waals surface area contributed by atoms with Crippen molar-refractivity contribution in [3.63, 3.8) is 0 Å². The Hall–Kier alpha value is -0.690. The van der Waals surface area contributed by atoms with Crippen LogP contribution in [0.2, 0.25) is 5.02 Å². The summed E-state index contributed by atoms with van der Waals surface area (Å²) in [6, 6.07) is 6.61. The first-order chi connectivity index (χ1) is 8.69. The Kier molecular flexibility index (Phi) is 3.88. The van der Waals surface area contributed by atoms with Crippen molar-refractivity contribution in [1.29, 1.82) is 0 Å². The van der Waals surface area contributed by atoms with E-state index in [0.29, 0.717) is 16.9 Å². The molecule has 0 saturated heterocycles. The van der Waals surface area contributed by atoms with E-state index in [1.807, 2.05) is 12.1 Å². The second-order valence-corrected chi connectivity index (χ2v) is 8.09. The summed E-state index contributed by atoms with van der Waals surface area (Å²) in [5, 5.41) is 4.53. The number of nitrogens with one attached hydrogen (secondary N) is 1. The third kappa shape index (κ3) is 3.66. The number of hydrogen-bond donors (Lipinski definition) is 1. The van der Waals surface area contributed by atoms with Crippen LogP contribution in [-0.4, -0.2) is 6.04 Å². The van der Waals surface area contributed by atoms with Crippen LogP contribution in [-0.2, 0) is 0 Å². The van der Waals surface area contributed by atoms with E-state index in [2.05, 4.69) is 46.0 Å². The summed E-state index contributed by atoms with van der Waals surface area (Å²) >= 11 is 6.33. The molecule has 0 heterocycles. The quantitative estimate of drug-likeness (QED) is 0.736. The molecular weight excluding hydrogens is 254 g/mol. The van der Waals surface area contributed by atoms with Crippen molar-refractivity contribution in [2.75, 3.05) is 5.32 Å². The number of anilines is 1. The van der Waals surface area contributed by atoms with Gasteiger partial charge in [-0.2, -0.15) is 0 Å². The summed E-state index contributed by atoms with van der Waals surface area (Å²) in [6.07, 6.45) is 3.71. The van der Waals surface area contributed by atoms with E-state index in [-0.39, 0.29) is 0 Å². The lowest BCUT2D eigenvalue weighted by atomic mass is 9.63. The maximum atomic E-state index is 6.33. The van der Waals surface area contributed by atoms with Gasteiger partial charge in [0.25, 0.3) is 0 Å². The fourth-order valence-corrected chi connectivity index (χ4v) is 4.24. The minimum atomic E-state index is 0.397. The van der Waals surface area contributed by atoms with Gasteiger partial charge >= 0.3 is 0 Å². The zero-order chi connectivity index (χ0) is 14.3. The van der Waals surface area contributed by atoms with Gasteiger partial charge in [0.05, 0.1) is 10.7 Å². The van der Waals surface area contributed by atoms with Gasteiger partial charge in [-0.1, -0.05) is 51.4 Å². The number of hydrogen-bond acceptors (Lipinski definition) is 1. The van der Waals surface area contributed by atoms with Gasteiger partial charge in [-0.05, 0) is 48.6 Å². The lowest BCUT2D eigenvalue weighted by molar-refractivity contribution is 0.105. The van der Waals surface area contributed by atoms with Crippen LogP contribution in [0.25, 0.3) is 0 Å². The van der Waals surface area contributed by atoms with Crippen LogP contribution in [0.3, 0.4) is 0 Å². The molecule has 1 aromatic carbocycles. The molecule has 0 atom stereocenters. The standard InChI is InChI=1S/C17H26ClN/c1-12-7-6-8-14(18)15(12)19-13-9-16(2,3)11-17(4,5)10-13/h6-8,13,19H,9-11H2,1-5H3. The van der Waals surface area contributed by atoms with Gasteiger partial charge in [0, 0.05) is 6.04 Å². The highest BCUT2D eigenvalue weighted by molar-refractivity contribution is 6.33. The van der Waals surface area contributed by atoms with E-state index in [9.17, 15) is 0 Å². The molecule has 1 nitrogen and oxygen atoms in total. The van der Waals surface area contributed by atoms with E-state index >= 15 is 0 Å². The zero-order valence-electron chi connectivity index (χ0n) is 12.8. The number of halogens is 1. The summed E-state index contributed by atoms with van der Waals surface area (Å²) in [6.45, 7) is 11.6. The molecule has 0 radical (unpaired) electrons. The van der Waals surface area contributed by atoms with Crippen molar-refractivity contribution >= 4 is 17.3 Å². The summed E-state index contributed by atoms with van der Waals surface area (Å²) < 4.78 is 0. The molecule has 0 bridgehead atoms. The van der Waals surface area contributed by atoms with Gasteiger partial charge < -0.3 is 5.32 Å². The summed E-state index contributed by atoms with van der Waals surface area (Å²) in [5.41, 5.74) is 3.14. The van der Waals surface area contributed by atoms with Crippen LogP contribution >= 0.6 is 11.6 Å². The van der Waals surface area contributed by atoms with Crippen molar-refractivity contribution in [3.05, 3.63) is 28.8 Å². The highest BCUT2D eigenvalue weighted by Crippen LogP contribution is 2.46. The van der Waals surface area contributed by atoms with E-state index in [1.54, 1.807) is 0 Å². The smallest absolute Gasteiger partial charge is 0.0640 e. The highest BCUT2D eigenvalue weighted by Gasteiger charge is 2.38. The number of benzene rings is 1. The van der Waals surface area contributed by atoms with Crippen molar-refractivity contribution in [3.8, 4) is 0 Å². The van der Waals surface area contributed by atoms with Gasteiger partial charge in [0.1, 0.15) is 0 Å². The molecule has 1 saturated carbocycles. The summed E-state index contributed by atoms with van der Waals surface area (Å²) in [5.74, 6) is 0. The molecule has 1 aliphatic rings. The average Bonchev–Trinajstić information content (AvgIpc) is 2.19. The molecule has 1 aromatic rings. The molecule has 2 heteroatoms. The predicted molar refractivity (Wildman–Crippen MR) is 85.0 cm³/mol. The highest BCUT2D eigenvalue weighted by atomic mass is 35.5. The monoisotopic (exact) mass is 279 g/mol. The zero-order valence-corrected chi connectivity index (χ0v) is 13.6. The molecule has 0 spiro atoms. The average molecular weight is 280 g/mol. The second-order valence-electron chi connectivity index (χ2n) is 7.69. The first kappa shape index (κ1) is 14.7. The van der Waals surface area contributed by atoms with E-state index < -0.39 is 0 Å². The Labute approximate surface area is 122 Å². The lowest BCUT2D eigenvalue weighted by Crippen LogP contribution is -2.40. The van der Waals surface area contributed by atoms with Gasteiger partial charge in [0.2, 0.25) is 0 Å². The molecule has 1 aliphatic carbocycles. The van der Waals surface area contributed by atoms with Gasteiger partial charge in [-0.25, -0.2) is 0 Å². The molecule has 106 valence electrons. The molecule has 0 aromatic heterocycles. The molecule has 0 unspecified atom stereocenters. The second kappa shape index (κ2) is 5.01. The molecule has 19 heavy (non-hydrogen) atoms. The SMILES string of the molecule is Cc1cccc(Cl)c1NC1CC(C)(C)CC(C)(C)C1. The van der Waals surface area contributed by atoms with Crippen molar-refractivity contribution in [2.45, 2.75) is 59.9 Å². The first-order valence-corrected chi connectivity index (χ1v) is 7.58. The van der Waals surface area contributed by atoms with Gasteiger partial charge in [0.15, 0.2) is 0 Å². The number of aryl methyl sites for hydroxylation is 1.